The highest BCUT2D eigenvalue weighted by molar-refractivity contribution is 6.32. The number of nitrogens with one attached hydrogen (secondary N) is 1. The van der Waals surface area contributed by atoms with Gasteiger partial charge in [-0.2, -0.15) is 5.10 Å². The van der Waals surface area contributed by atoms with Crippen molar-refractivity contribution in [1.82, 2.24) is 14.7 Å². The van der Waals surface area contributed by atoms with E-state index in [0.29, 0.717) is 27.1 Å². The normalized spacial score (nSPS) is 11.5. The molecule has 0 aliphatic heterocycles. The molecule has 0 atom stereocenters. The monoisotopic (exact) mass is 486 g/mol. The Hall–Kier alpha value is -2.83. The molecule has 0 unspecified atom stereocenters. The second kappa shape index (κ2) is 9.98. The van der Waals surface area contributed by atoms with E-state index in [9.17, 15) is 9.59 Å². The van der Waals surface area contributed by atoms with E-state index >= 15 is 0 Å². The van der Waals surface area contributed by atoms with Gasteiger partial charge in [0.25, 0.3) is 5.91 Å². The smallest absolute Gasteiger partial charge is 0.254 e. The maximum Gasteiger partial charge on any atom is 0.254 e. The number of benzene rings is 2. The molecular weight excluding hydrogens is 459 g/mol. The predicted octanol–water partition coefficient (Wildman–Crippen LogP) is 5.97. The van der Waals surface area contributed by atoms with Crippen molar-refractivity contribution in [3.63, 3.8) is 0 Å². The Morgan fingerprint density at radius 2 is 1.70 bits per heavy atom. The first-order chi connectivity index (χ1) is 15.5. The fourth-order valence-corrected chi connectivity index (χ4v) is 3.57. The summed E-state index contributed by atoms with van der Waals surface area (Å²) in [5.74, 6) is -0.0906. The van der Waals surface area contributed by atoms with E-state index in [2.05, 4.69) is 5.32 Å². The van der Waals surface area contributed by atoms with E-state index in [-0.39, 0.29) is 29.8 Å². The van der Waals surface area contributed by atoms with Crippen LogP contribution in [0.1, 0.15) is 50.7 Å². The molecule has 6 nitrogen and oxygen atoms in total. The molecule has 0 fully saturated rings. The number of anilines is 1. The number of halogens is 2. The lowest BCUT2D eigenvalue weighted by atomic mass is 9.92. The Morgan fingerprint density at radius 1 is 1.06 bits per heavy atom. The molecule has 3 rings (SSSR count). The molecule has 1 N–H and O–H groups in total. The lowest BCUT2D eigenvalue weighted by molar-refractivity contribution is -0.117. The molecule has 0 radical (unpaired) electrons. The summed E-state index contributed by atoms with van der Waals surface area (Å²) in [6, 6.07) is 15.6. The van der Waals surface area contributed by atoms with E-state index in [1.165, 1.54) is 4.90 Å². The molecule has 0 spiro atoms. The van der Waals surface area contributed by atoms with Gasteiger partial charge < -0.3 is 10.2 Å². The third kappa shape index (κ3) is 5.95. The first-order valence-electron chi connectivity index (χ1n) is 10.7. The van der Waals surface area contributed by atoms with Gasteiger partial charge in [-0.1, -0.05) is 56.1 Å². The second-order valence-corrected chi connectivity index (χ2v) is 9.95. The van der Waals surface area contributed by atoms with Gasteiger partial charge in [0, 0.05) is 28.1 Å². The molecule has 3 aromatic rings. The van der Waals surface area contributed by atoms with Crippen LogP contribution in [0.2, 0.25) is 10.0 Å². The average Bonchev–Trinajstić information content (AvgIpc) is 3.16. The molecule has 0 saturated carbocycles. The highest BCUT2D eigenvalue weighted by Gasteiger charge is 2.25. The van der Waals surface area contributed by atoms with Crippen LogP contribution in [-0.4, -0.2) is 39.1 Å². The third-order valence-electron chi connectivity index (χ3n) is 5.12. The number of hydrogen-bond acceptors (Lipinski definition) is 3. The van der Waals surface area contributed by atoms with Gasteiger partial charge in [0.05, 0.1) is 16.4 Å². The summed E-state index contributed by atoms with van der Waals surface area (Å²) < 4.78 is 1.63. The van der Waals surface area contributed by atoms with Crippen molar-refractivity contribution in [3.05, 3.63) is 75.9 Å². The minimum absolute atomic E-state index is 0.113. The Bertz CT molecular complexity index is 1150. The molecule has 1 heterocycles. The summed E-state index contributed by atoms with van der Waals surface area (Å²) in [6.07, 6.45) is 0. The molecule has 0 aliphatic rings. The van der Waals surface area contributed by atoms with Gasteiger partial charge >= 0.3 is 0 Å². The first-order valence-corrected chi connectivity index (χ1v) is 11.4. The summed E-state index contributed by atoms with van der Waals surface area (Å²) in [4.78, 5) is 27.6. The van der Waals surface area contributed by atoms with Gasteiger partial charge in [-0.25, -0.2) is 4.68 Å². The van der Waals surface area contributed by atoms with Gasteiger partial charge in [-0.15, -0.1) is 0 Å². The molecular formula is C25H28Cl2N4O2. The standard InChI is InChI=1S/C25H28Cl2N4O2/c1-16(2)30(24(33)17-10-12-18(26)13-11-17)15-23(32)28-22-14-21(25(3,4)5)29-31(22)20-9-7-6-8-19(20)27/h6-14,16H,15H2,1-5H3,(H,28,32). The van der Waals surface area contributed by atoms with Gasteiger partial charge in [-0.3, -0.25) is 9.59 Å². The Morgan fingerprint density at radius 3 is 2.27 bits per heavy atom. The maximum absolute atomic E-state index is 13.0. The van der Waals surface area contributed by atoms with E-state index in [1.54, 1.807) is 35.0 Å². The van der Waals surface area contributed by atoms with E-state index < -0.39 is 0 Å². The first kappa shape index (κ1) is 24.8. The summed E-state index contributed by atoms with van der Waals surface area (Å²) in [5, 5.41) is 8.67. The van der Waals surface area contributed by atoms with Gasteiger partial charge in [-0.05, 0) is 50.2 Å². The van der Waals surface area contributed by atoms with Crippen LogP contribution in [0.5, 0.6) is 0 Å². The van der Waals surface area contributed by atoms with Crippen LogP contribution in [0.3, 0.4) is 0 Å². The van der Waals surface area contributed by atoms with Crippen LogP contribution >= 0.6 is 23.2 Å². The number of carbonyl (C=O) groups is 2. The second-order valence-electron chi connectivity index (χ2n) is 9.11. The van der Waals surface area contributed by atoms with Crippen LogP contribution in [0.4, 0.5) is 5.82 Å². The predicted molar refractivity (Wildman–Crippen MR) is 134 cm³/mol. The summed E-state index contributed by atoms with van der Waals surface area (Å²) in [6.45, 7) is 9.76. The number of carbonyl (C=O) groups excluding carboxylic acids is 2. The minimum Gasteiger partial charge on any atom is -0.327 e. The van der Waals surface area contributed by atoms with E-state index in [0.717, 1.165) is 5.69 Å². The molecule has 0 saturated heterocycles. The number of nitrogens with zero attached hydrogens (tertiary/aromatic N) is 3. The zero-order valence-electron chi connectivity index (χ0n) is 19.4. The van der Waals surface area contributed by atoms with Crippen molar-refractivity contribution in [2.45, 2.75) is 46.1 Å². The maximum atomic E-state index is 13.0. The fraction of sp³-hybridized carbons (Fsp3) is 0.320. The molecule has 1 aromatic heterocycles. The van der Waals surface area contributed by atoms with Crippen molar-refractivity contribution in [3.8, 4) is 5.69 Å². The Labute approximate surface area is 204 Å². The molecule has 2 amide bonds. The van der Waals surface area contributed by atoms with Crippen LogP contribution in [-0.2, 0) is 10.2 Å². The molecule has 174 valence electrons. The number of rotatable bonds is 6. The van der Waals surface area contributed by atoms with Crippen molar-refractivity contribution in [1.29, 1.82) is 0 Å². The topological polar surface area (TPSA) is 67.2 Å². The zero-order valence-corrected chi connectivity index (χ0v) is 20.9. The van der Waals surface area contributed by atoms with Crippen LogP contribution < -0.4 is 5.32 Å². The third-order valence-corrected chi connectivity index (χ3v) is 5.69. The number of aromatic nitrogens is 2. The highest BCUT2D eigenvalue weighted by atomic mass is 35.5. The van der Waals surface area contributed by atoms with Crippen molar-refractivity contribution >= 4 is 40.8 Å². The SMILES string of the molecule is CC(C)N(CC(=O)Nc1cc(C(C)(C)C)nn1-c1ccccc1Cl)C(=O)c1ccc(Cl)cc1. The quantitative estimate of drug-likeness (QED) is 0.466. The number of amides is 2. The summed E-state index contributed by atoms with van der Waals surface area (Å²) in [5.41, 5.74) is 1.69. The van der Waals surface area contributed by atoms with Crippen molar-refractivity contribution in [2.75, 3.05) is 11.9 Å². The molecule has 0 aliphatic carbocycles. The van der Waals surface area contributed by atoms with Crippen LogP contribution in [0.25, 0.3) is 5.69 Å². The Balaban J connectivity index is 1.88. The van der Waals surface area contributed by atoms with Gasteiger partial charge in [0.1, 0.15) is 12.4 Å². The lowest BCUT2D eigenvalue weighted by Gasteiger charge is -2.26. The minimum atomic E-state index is -0.334. The fourth-order valence-electron chi connectivity index (χ4n) is 3.23. The highest BCUT2D eigenvalue weighted by Crippen LogP contribution is 2.29. The molecule has 8 heteroatoms. The van der Waals surface area contributed by atoms with Gasteiger partial charge in [0.2, 0.25) is 5.91 Å². The van der Waals surface area contributed by atoms with Crippen LogP contribution in [0.15, 0.2) is 54.6 Å². The Kier molecular flexibility index (Phi) is 7.50. The molecule has 2 aromatic carbocycles. The van der Waals surface area contributed by atoms with Gasteiger partial charge in [0.15, 0.2) is 0 Å². The molecule has 33 heavy (non-hydrogen) atoms. The molecule has 0 bridgehead atoms. The summed E-state index contributed by atoms with van der Waals surface area (Å²) >= 11 is 12.3. The van der Waals surface area contributed by atoms with Crippen molar-refractivity contribution < 1.29 is 9.59 Å². The van der Waals surface area contributed by atoms with Crippen molar-refractivity contribution in [2.24, 2.45) is 0 Å². The average molecular weight is 487 g/mol. The lowest BCUT2D eigenvalue weighted by Crippen LogP contribution is -2.42. The van der Waals surface area contributed by atoms with Crippen LogP contribution in [0, 0.1) is 0 Å². The number of hydrogen-bond donors (Lipinski definition) is 1. The number of para-hydroxylation sites is 1. The van der Waals surface area contributed by atoms with E-state index in [4.69, 9.17) is 28.3 Å². The van der Waals surface area contributed by atoms with E-state index in [1.807, 2.05) is 58.9 Å². The largest absolute Gasteiger partial charge is 0.327 e. The summed E-state index contributed by atoms with van der Waals surface area (Å²) in [7, 11) is 0. The zero-order chi connectivity index (χ0) is 24.3.